The smallest absolute Gasteiger partial charge is 0.226 e. The summed E-state index contributed by atoms with van der Waals surface area (Å²) in [4.78, 5) is 17.3. The number of para-hydroxylation sites is 3. The molecule has 2 heterocycles. The fourth-order valence-electron chi connectivity index (χ4n) is 3.83. The van der Waals surface area contributed by atoms with Crippen molar-refractivity contribution >= 4 is 16.9 Å². The lowest BCUT2D eigenvalue weighted by Gasteiger charge is -2.25. The van der Waals surface area contributed by atoms with Crippen molar-refractivity contribution < 1.29 is 14.3 Å². The second-order valence-corrected chi connectivity index (χ2v) is 6.96. The van der Waals surface area contributed by atoms with Crippen LogP contribution in [0, 0.1) is 5.92 Å². The van der Waals surface area contributed by atoms with Crippen molar-refractivity contribution in [1.82, 2.24) is 14.9 Å². The molecular weight excluding hydrogens is 354 g/mol. The van der Waals surface area contributed by atoms with E-state index < -0.39 is 0 Å². The van der Waals surface area contributed by atoms with Crippen LogP contribution in [0.1, 0.15) is 18.3 Å². The molecule has 1 aliphatic heterocycles. The van der Waals surface area contributed by atoms with Gasteiger partial charge in [0.25, 0.3) is 0 Å². The van der Waals surface area contributed by atoms with Crippen LogP contribution in [0.15, 0.2) is 42.5 Å². The van der Waals surface area contributed by atoms with Gasteiger partial charge in [-0.05, 0) is 37.1 Å². The molecular formula is C22H25N3O3. The van der Waals surface area contributed by atoms with Crippen LogP contribution in [0.5, 0.6) is 11.5 Å². The zero-order valence-electron chi connectivity index (χ0n) is 16.3. The number of aromatic nitrogens is 2. The van der Waals surface area contributed by atoms with Gasteiger partial charge in [0.2, 0.25) is 5.91 Å². The Morgan fingerprint density at radius 2 is 2.14 bits per heavy atom. The fraction of sp³-hybridized carbons (Fsp3) is 0.364. The first kappa shape index (κ1) is 18.3. The van der Waals surface area contributed by atoms with Crippen LogP contribution in [-0.2, 0) is 24.2 Å². The second-order valence-electron chi connectivity index (χ2n) is 6.96. The van der Waals surface area contributed by atoms with E-state index >= 15 is 0 Å². The zero-order valence-corrected chi connectivity index (χ0v) is 16.3. The van der Waals surface area contributed by atoms with Crippen LogP contribution in [0.2, 0.25) is 0 Å². The van der Waals surface area contributed by atoms with Crippen molar-refractivity contribution in [3.05, 3.63) is 53.9 Å². The number of carbonyl (C=O) groups excluding carboxylic acids is 1. The highest BCUT2D eigenvalue weighted by atomic mass is 16.5. The van der Waals surface area contributed by atoms with Crippen molar-refractivity contribution in [2.75, 3.05) is 20.3 Å². The quantitative estimate of drug-likeness (QED) is 0.715. The number of hydrogen-bond donors (Lipinski definition) is 1. The van der Waals surface area contributed by atoms with Gasteiger partial charge >= 0.3 is 0 Å². The van der Waals surface area contributed by atoms with Gasteiger partial charge in [-0.1, -0.05) is 24.3 Å². The monoisotopic (exact) mass is 379 g/mol. The van der Waals surface area contributed by atoms with E-state index in [1.807, 2.05) is 36.4 Å². The predicted octanol–water partition coefficient (Wildman–Crippen LogP) is 2.97. The average Bonchev–Trinajstić information content (AvgIpc) is 3.10. The van der Waals surface area contributed by atoms with Crippen LogP contribution in [0.25, 0.3) is 11.0 Å². The van der Waals surface area contributed by atoms with Crippen LogP contribution in [0.3, 0.4) is 0 Å². The maximum Gasteiger partial charge on any atom is 0.226 e. The molecule has 0 saturated heterocycles. The summed E-state index contributed by atoms with van der Waals surface area (Å²) in [6.45, 7) is 3.90. The molecule has 4 rings (SSSR count). The van der Waals surface area contributed by atoms with Crippen LogP contribution in [-0.4, -0.2) is 35.7 Å². The Bertz CT molecular complexity index is 996. The average molecular weight is 379 g/mol. The molecule has 0 unspecified atom stereocenters. The van der Waals surface area contributed by atoms with E-state index in [9.17, 15) is 4.79 Å². The molecule has 0 spiro atoms. The zero-order chi connectivity index (χ0) is 19.5. The molecule has 6 heteroatoms. The van der Waals surface area contributed by atoms with Crippen molar-refractivity contribution in [1.29, 1.82) is 0 Å². The number of methoxy groups -OCH3 is 1. The van der Waals surface area contributed by atoms with Gasteiger partial charge in [-0.25, -0.2) is 4.98 Å². The minimum absolute atomic E-state index is 0.0210. The first-order valence-electron chi connectivity index (χ1n) is 9.71. The van der Waals surface area contributed by atoms with Crippen LogP contribution in [0.4, 0.5) is 0 Å². The molecule has 1 N–H and O–H groups in total. The summed E-state index contributed by atoms with van der Waals surface area (Å²) >= 11 is 0. The lowest BCUT2D eigenvalue weighted by atomic mass is 9.95. The number of hydrogen-bond acceptors (Lipinski definition) is 4. The van der Waals surface area contributed by atoms with Crippen molar-refractivity contribution in [2.24, 2.45) is 5.92 Å². The molecule has 1 aliphatic rings. The summed E-state index contributed by atoms with van der Waals surface area (Å²) in [6.07, 6.45) is 1.36. The van der Waals surface area contributed by atoms with Crippen LogP contribution < -0.4 is 14.8 Å². The first-order chi connectivity index (χ1) is 13.7. The maximum absolute atomic E-state index is 12.6. The summed E-state index contributed by atoms with van der Waals surface area (Å²) in [5.74, 6) is 2.30. The Balaban J connectivity index is 1.38. The topological polar surface area (TPSA) is 65.4 Å². The maximum atomic E-state index is 12.6. The van der Waals surface area contributed by atoms with Crippen molar-refractivity contribution in [3.63, 3.8) is 0 Å². The lowest BCUT2D eigenvalue weighted by Crippen LogP contribution is -2.38. The third-order valence-corrected chi connectivity index (χ3v) is 5.24. The molecule has 1 aromatic heterocycles. The van der Waals surface area contributed by atoms with E-state index in [2.05, 4.69) is 22.9 Å². The van der Waals surface area contributed by atoms with Gasteiger partial charge in [0, 0.05) is 19.5 Å². The minimum atomic E-state index is -0.190. The van der Waals surface area contributed by atoms with Crippen LogP contribution >= 0.6 is 0 Å². The Morgan fingerprint density at radius 3 is 2.96 bits per heavy atom. The lowest BCUT2D eigenvalue weighted by molar-refractivity contribution is -0.126. The number of rotatable bonds is 6. The van der Waals surface area contributed by atoms with Crippen molar-refractivity contribution in [2.45, 2.75) is 26.3 Å². The number of amides is 1. The molecule has 0 fully saturated rings. The van der Waals surface area contributed by atoms with Gasteiger partial charge in [0.15, 0.2) is 11.5 Å². The summed E-state index contributed by atoms with van der Waals surface area (Å²) in [6, 6.07) is 13.9. The van der Waals surface area contributed by atoms with E-state index in [-0.39, 0.29) is 11.8 Å². The summed E-state index contributed by atoms with van der Waals surface area (Å²) in [7, 11) is 1.63. The largest absolute Gasteiger partial charge is 0.493 e. The van der Waals surface area contributed by atoms with Gasteiger partial charge in [-0.15, -0.1) is 0 Å². The third-order valence-electron chi connectivity index (χ3n) is 5.24. The molecule has 0 saturated carbocycles. The number of aryl methyl sites for hydroxylation is 1. The van der Waals surface area contributed by atoms with Gasteiger partial charge < -0.3 is 19.4 Å². The highest BCUT2D eigenvalue weighted by Crippen LogP contribution is 2.36. The SMILES string of the molecule is CCn1c(CCNC(=O)[C@@H]2COc3c(cccc3OC)C2)nc2ccccc21. The number of ether oxygens (including phenoxy) is 2. The normalized spacial score (nSPS) is 15.7. The molecule has 28 heavy (non-hydrogen) atoms. The molecule has 0 bridgehead atoms. The molecule has 0 aliphatic carbocycles. The van der Waals surface area contributed by atoms with E-state index in [1.54, 1.807) is 7.11 Å². The highest BCUT2D eigenvalue weighted by Gasteiger charge is 2.27. The minimum Gasteiger partial charge on any atom is -0.493 e. The summed E-state index contributed by atoms with van der Waals surface area (Å²) < 4.78 is 13.4. The Labute approximate surface area is 164 Å². The van der Waals surface area contributed by atoms with E-state index in [1.165, 1.54) is 0 Å². The second kappa shape index (κ2) is 7.92. The van der Waals surface area contributed by atoms with Crippen molar-refractivity contribution in [3.8, 4) is 11.5 Å². The van der Waals surface area contributed by atoms with E-state index in [4.69, 9.17) is 14.5 Å². The number of fused-ring (bicyclic) bond motifs is 2. The molecule has 2 aromatic carbocycles. The van der Waals surface area contributed by atoms with Gasteiger partial charge in [0.1, 0.15) is 12.4 Å². The van der Waals surface area contributed by atoms with E-state index in [0.29, 0.717) is 26.0 Å². The Kier molecular flexibility index (Phi) is 5.19. The number of carbonyl (C=O) groups is 1. The standard InChI is InChI=1S/C22H25N3O3/c1-3-25-18-9-5-4-8-17(18)24-20(25)11-12-23-22(26)16-13-15-7-6-10-19(27-2)21(15)28-14-16/h4-10,16H,3,11-14H2,1-2H3,(H,23,26)/t16-/m0/s1. The fourth-order valence-corrected chi connectivity index (χ4v) is 3.83. The first-order valence-corrected chi connectivity index (χ1v) is 9.71. The number of nitrogens with one attached hydrogen (secondary N) is 1. The van der Waals surface area contributed by atoms with Gasteiger partial charge in [-0.2, -0.15) is 0 Å². The summed E-state index contributed by atoms with van der Waals surface area (Å²) in [5.41, 5.74) is 3.15. The number of imidazole rings is 1. The number of nitrogens with zero attached hydrogens (tertiary/aromatic N) is 2. The molecule has 3 aromatic rings. The Hall–Kier alpha value is -3.02. The Morgan fingerprint density at radius 1 is 1.29 bits per heavy atom. The molecule has 0 radical (unpaired) electrons. The van der Waals surface area contributed by atoms with E-state index in [0.717, 1.165) is 40.5 Å². The van der Waals surface area contributed by atoms with Gasteiger partial charge in [-0.3, -0.25) is 4.79 Å². The molecule has 1 amide bonds. The third kappa shape index (κ3) is 3.42. The highest BCUT2D eigenvalue weighted by molar-refractivity contribution is 5.80. The summed E-state index contributed by atoms with van der Waals surface area (Å²) in [5, 5.41) is 3.05. The molecule has 6 nitrogen and oxygen atoms in total. The predicted molar refractivity (Wildman–Crippen MR) is 108 cm³/mol. The van der Waals surface area contributed by atoms with Gasteiger partial charge in [0.05, 0.1) is 24.1 Å². The molecule has 1 atom stereocenters. The number of benzene rings is 2. The molecule has 146 valence electrons.